The molecule has 0 spiro atoms. The van der Waals surface area contributed by atoms with E-state index in [1.165, 1.54) is 0 Å². The molecule has 18 heavy (non-hydrogen) atoms. The molecule has 2 N–H and O–H groups in total. The van der Waals surface area contributed by atoms with E-state index >= 15 is 0 Å². The van der Waals surface area contributed by atoms with Crippen molar-refractivity contribution in [3.05, 3.63) is 12.4 Å². The lowest BCUT2D eigenvalue weighted by Gasteiger charge is -2.30. The molecule has 1 aliphatic heterocycles. The van der Waals surface area contributed by atoms with E-state index in [4.69, 9.17) is 10.5 Å². The van der Waals surface area contributed by atoms with Crippen LogP contribution in [0.25, 0.3) is 0 Å². The molecular weight excluding hydrogens is 228 g/mol. The summed E-state index contributed by atoms with van der Waals surface area (Å²) in [5.41, 5.74) is 5.88. The van der Waals surface area contributed by atoms with Crippen LogP contribution in [-0.4, -0.2) is 35.7 Å². The highest BCUT2D eigenvalue weighted by Gasteiger charge is 2.17. The average Bonchev–Trinajstić information content (AvgIpc) is 2.38. The molecule has 5 heteroatoms. The Morgan fingerprint density at radius 2 is 1.94 bits per heavy atom. The molecule has 1 aromatic rings. The molecule has 100 valence electrons. The highest BCUT2D eigenvalue weighted by molar-refractivity contribution is 5.32. The minimum atomic E-state index is 0.329. The molecule has 1 aromatic heterocycles. The molecule has 0 radical (unpaired) electrons. The molecule has 0 amide bonds. The van der Waals surface area contributed by atoms with E-state index in [1.807, 2.05) is 0 Å². The van der Waals surface area contributed by atoms with E-state index in [-0.39, 0.29) is 0 Å². The molecule has 0 saturated carbocycles. The van der Waals surface area contributed by atoms with Gasteiger partial charge in [0.25, 0.3) is 0 Å². The Morgan fingerprint density at radius 3 is 2.50 bits per heavy atom. The van der Waals surface area contributed by atoms with E-state index in [2.05, 4.69) is 28.7 Å². The monoisotopic (exact) mass is 250 g/mol. The Bertz CT molecular complexity index is 358. The van der Waals surface area contributed by atoms with Crippen LogP contribution in [0.15, 0.2) is 12.4 Å². The van der Waals surface area contributed by atoms with Gasteiger partial charge in [0.2, 0.25) is 5.95 Å². The van der Waals surface area contributed by atoms with Gasteiger partial charge < -0.3 is 15.4 Å². The van der Waals surface area contributed by atoms with Crippen molar-refractivity contribution in [2.24, 2.45) is 11.7 Å². The first kappa shape index (κ1) is 13.1. The topological polar surface area (TPSA) is 64.3 Å². The number of rotatable bonds is 4. The molecule has 0 unspecified atom stereocenters. The van der Waals surface area contributed by atoms with Gasteiger partial charge in [0.05, 0.1) is 19.0 Å². The quantitative estimate of drug-likeness (QED) is 0.876. The van der Waals surface area contributed by atoms with Crippen molar-refractivity contribution in [2.45, 2.75) is 32.7 Å². The minimum absolute atomic E-state index is 0.329. The van der Waals surface area contributed by atoms with E-state index in [0.29, 0.717) is 18.6 Å². The lowest BCUT2D eigenvalue weighted by atomic mass is 10.1. The van der Waals surface area contributed by atoms with Gasteiger partial charge in [-0.05, 0) is 18.8 Å². The van der Waals surface area contributed by atoms with Gasteiger partial charge in [-0.25, -0.2) is 9.97 Å². The number of piperidine rings is 1. The summed E-state index contributed by atoms with van der Waals surface area (Å²) in [6.45, 7) is 6.81. The maximum atomic E-state index is 5.88. The summed E-state index contributed by atoms with van der Waals surface area (Å²) in [6.07, 6.45) is 5.52. The maximum absolute atomic E-state index is 5.88. The Morgan fingerprint density at radius 1 is 1.33 bits per heavy atom. The molecule has 2 rings (SSSR count). The van der Waals surface area contributed by atoms with Crippen molar-refractivity contribution < 1.29 is 4.74 Å². The predicted molar refractivity (Wildman–Crippen MR) is 71.8 cm³/mol. The van der Waals surface area contributed by atoms with Crippen LogP contribution < -0.4 is 15.4 Å². The summed E-state index contributed by atoms with van der Waals surface area (Å²) < 4.78 is 5.56. The van der Waals surface area contributed by atoms with Crippen LogP contribution in [0.3, 0.4) is 0 Å². The number of nitrogens with two attached hydrogens (primary N) is 1. The molecule has 0 aromatic carbocycles. The van der Waals surface area contributed by atoms with Gasteiger partial charge in [-0.1, -0.05) is 13.8 Å². The van der Waals surface area contributed by atoms with E-state index in [1.54, 1.807) is 12.4 Å². The third-order valence-corrected chi connectivity index (χ3v) is 3.02. The fourth-order valence-corrected chi connectivity index (χ4v) is 1.91. The Labute approximate surface area is 108 Å². The SMILES string of the molecule is CC(C)COc1cnc(N2CCC(N)CC2)nc1. The summed E-state index contributed by atoms with van der Waals surface area (Å²) in [4.78, 5) is 10.9. The molecule has 1 fully saturated rings. The van der Waals surface area contributed by atoms with Crippen LogP contribution in [0.2, 0.25) is 0 Å². The summed E-state index contributed by atoms with van der Waals surface area (Å²) in [7, 11) is 0. The van der Waals surface area contributed by atoms with Crippen LogP contribution in [-0.2, 0) is 0 Å². The molecular formula is C13H22N4O. The Balaban J connectivity index is 1.91. The van der Waals surface area contributed by atoms with Crippen molar-refractivity contribution >= 4 is 5.95 Å². The number of ether oxygens (including phenoxy) is 1. The molecule has 0 bridgehead atoms. The first-order valence-electron chi connectivity index (χ1n) is 6.60. The van der Waals surface area contributed by atoms with Crippen LogP contribution in [0.4, 0.5) is 5.95 Å². The maximum Gasteiger partial charge on any atom is 0.225 e. The van der Waals surface area contributed by atoms with Crippen LogP contribution >= 0.6 is 0 Å². The average molecular weight is 250 g/mol. The molecule has 1 saturated heterocycles. The Hall–Kier alpha value is -1.36. The van der Waals surface area contributed by atoms with Gasteiger partial charge >= 0.3 is 0 Å². The molecule has 5 nitrogen and oxygen atoms in total. The fraction of sp³-hybridized carbons (Fsp3) is 0.692. The van der Waals surface area contributed by atoms with Gasteiger partial charge in [-0.2, -0.15) is 0 Å². The standard InChI is InChI=1S/C13H22N4O/c1-10(2)9-18-12-7-15-13(16-8-12)17-5-3-11(14)4-6-17/h7-8,10-11H,3-6,9,14H2,1-2H3. The summed E-state index contributed by atoms with van der Waals surface area (Å²) in [5, 5.41) is 0. The summed E-state index contributed by atoms with van der Waals surface area (Å²) >= 11 is 0. The molecule has 2 heterocycles. The second-order valence-corrected chi connectivity index (χ2v) is 5.25. The van der Waals surface area contributed by atoms with E-state index in [0.717, 1.165) is 37.6 Å². The lowest BCUT2D eigenvalue weighted by Crippen LogP contribution is -2.40. The molecule has 1 aliphatic rings. The third kappa shape index (κ3) is 3.57. The van der Waals surface area contributed by atoms with Gasteiger partial charge in [0.15, 0.2) is 5.75 Å². The van der Waals surface area contributed by atoms with E-state index in [9.17, 15) is 0 Å². The van der Waals surface area contributed by atoms with Gasteiger partial charge in [0, 0.05) is 19.1 Å². The zero-order valence-corrected chi connectivity index (χ0v) is 11.2. The lowest BCUT2D eigenvalue weighted by molar-refractivity contribution is 0.269. The second-order valence-electron chi connectivity index (χ2n) is 5.25. The number of hydrogen-bond donors (Lipinski definition) is 1. The molecule has 0 atom stereocenters. The van der Waals surface area contributed by atoms with Gasteiger partial charge in [0.1, 0.15) is 0 Å². The third-order valence-electron chi connectivity index (χ3n) is 3.02. The first-order valence-corrected chi connectivity index (χ1v) is 6.60. The van der Waals surface area contributed by atoms with Crippen molar-refractivity contribution in [3.8, 4) is 5.75 Å². The summed E-state index contributed by atoms with van der Waals surface area (Å²) in [6, 6.07) is 0.329. The van der Waals surface area contributed by atoms with Crippen LogP contribution in [0.1, 0.15) is 26.7 Å². The number of nitrogens with zero attached hydrogens (tertiary/aromatic N) is 3. The highest BCUT2D eigenvalue weighted by atomic mass is 16.5. The van der Waals surface area contributed by atoms with Gasteiger partial charge in [-0.15, -0.1) is 0 Å². The normalized spacial score (nSPS) is 17.2. The summed E-state index contributed by atoms with van der Waals surface area (Å²) in [5.74, 6) is 2.02. The van der Waals surface area contributed by atoms with Crippen LogP contribution in [0, 0.1) is 5.92 Å². The zero-order chi connectivity index (χ0) is 13.0. The first-order chi connectivity index (χ1) is 8.65. The zero-order valence-electron chi connectivity index (χ0n) is 11.2. The number of hydrogen-bond acceptors (Lipinski definition) is 5. The largest absolute Gasteiger partial charge is 0.490 e. The Kier molecular flexibility index (Phi) is 4.36. The van der Waals surface area contributed by atoms with E-state index < -0.39 is 0 Å². The van der Waals surface area contributed by atoms with Crippen LogP contribution in [0.5, 0.6) is 5.75 Å². The minimum Gasteiger partial charge on any atom is -0.490 e. The smallest absolute Gasteiger partial charge is 0.225 e. The fourth-order valence-electron chi connectivity index (χ4n) is 1.91. The van der Waals surface area contributed by atoms with Crippen molar-refractivity contribution in [3.63, 3.8) is 0 Å². The number of anilines is 1. The van der Waals surface area contributed by atoms with Gasteiger partial charge in [-0.3, -0.25) is 0 Å². The van der Waals surface area contributed by atoms with Crippen molar-refractivity contribution in [2.75, 3.05) is 24.6 Å². The number of aromatic nitrogens is 2. The highest BCUT2D eigenvalue weighted by Crippen LogP contribution is 2.17. The van der Waals surface area contributed by atoms with Crippen molar-refractivity contribution in [1.82, 2.24) is 9.97 Å². The predicted octanol–water partition coefficient (Wildman–Crippen LogP) is 1.44. The molecule has 0 aliphatic carbocycles. The second kappa shape index (κ2) is 6.00. The van der Waals surface area contributed by atoms with Crippen molar-refractivity contribution in [1.29, 1.82) is 0 Å².